The maximum atomic E-state index is 11.6. The van der Waals surface area contributed by atoms with Crippen LogP contribution in [0.2, 0.25) is 0 Å². The maximum Gasteiger partial charge on any atom is 0.512 e. The van der Waals surface area contributed by atoms with Gasteiger partial charge in [-0.3, -0.25) is 0 Å². The molecule has 1 N–H and O–H groups in total. The topological polar surface area (TPSA) is 60.7 Å². The van der Waals surface area contributed by atoms with E-state index in [1.54, 1.807) is 0 Å². The summed E-state index contributed by atoms with van der Waals surface area (Å²) in [4.78, 5) is 11.6. The van der Waals surface area contributed by atoms with Crippen LogP contribution in [0.15, 0.2) is 91.0 Å². The van der Waals surface area contributed by atoms with E-state index in [0.29, 0.717) is 19.0 Å². The van der Waals surface area contributed by atoms with Gasteiger partial charge in [-0.05, 0) is 47.0 Å². The van der Waals surface area contributed by atoms with Gasteiger partial charge in [0.15, 0.2) is 0 Å². The number of hydrogen-bond acceptors (Lipinski definition) is 3. The average Bonchev–Trinajstić information content (AvgIpc) is 3.12. The van der Waals surface area contributed by atoms with Crippen LogP contribution in [0.4, 0.5) is 4.79 Å². The number of nitrogens with zero attached hydrogens (tertiary/aromatic N) is 1. The van der Waals surface area contributed by atoms with Crippen LogP contribution in [0.3, 0.4) is 0 Å². The smallest absolute Gasteiger partial charge is 0.492 e. The van der Waals surface area contributed by atoms with Crippen molar-refractivity contribution in [1.29, 1.82) is 0 Å². The zero-order valence-corrected chi connectivity index (χ0v) is 18.2. The molecule has 1 heterocycles. The van der Waals surface area contributed by atoms with E-state index < -0.39 is 6.16 Å². The van der Waals surface area contributed by atoms with Crippen molar-refractivity contribution in [2.24, 2.45) is 0 Å². The van der Waals surface area contributed by atoms with Crippen molar-refractivity contribution in [2.75, 3.05) is 6.61 Å². The summed E-state index contributed by atoms with van der Waals surface area (Å²) >= 11 is 0. The quantitative estimate of drug-likeness (QED) is 0.293. The van der Waals surface area contributed by atoms with Crippen LogP contribution >= 0.6 is 0 Å². The summed E-state index contributed by atoms with van der Waals surface area (Å²) < 4.78 is 13.3. The van der Waals surface area contributed by atoms with Gasteiger partial charge < -0.3 is 19.1 Å². The number of carbonyl (C=O) groups is 1. The fraction of sp³-hybridized carbons (Fsp3) is 0.107. The number of aromatic nitrogens is 1. The van der Waals surface area contributed by atoms with Crippen LogP contribution in [0.1, 0.15) is 5.56 Å². The molecule has 0 radical (unpaired) electrons. The van der Waals surface area contributed by atoms with Crippen molar-refractivity contribution >= 4 is 27.8 Å². The minimum Gasteiger partial charge on any atom is -0.492 e. The first-order valence-electron chi connectivity index (χ1n) is 10.8. The number of carboxylic acid groups (broad SMARTS) is 1. The van der Waals surface area contributed by atoms with E-state index in [0.717, 1.165) is 44.1 Å². The van der Waals surface area contributed by atoms with Gasteiger partial charge in [-0.1, -0.05) is 72.8 Å². The highest BCUT2D eigenvalue weighted by molar-refractivity contribution is 6.01. The van der Waals surface area contributed by atoms with Gasteiger partial charge in [0.25, 0.3) is 0 Å². The second-order valence-electron chi connectivity index (χ2n) is 7.89. The highest BCUT2D eigenvalue weighted by Crippen LogP contribution is 2.41. The zero-order chi connectivity index (χ0) is 22.8. The highest BCUT2D eigenvalue weighted by Gasteiger charge is 2.23. The van der Waals surface area contributed by atoms with E-state index in [2.05, 4.69) is 12.1 Å². The Morgan fingerprint density at radius 1 is 0.879 bits per heavy atom. The van der Waals surface area contributed by atoms with Crippen molar-refractivity contribution in [1.82, 2.24) is 4.57 Å². The molecule has 5 rings (SSSR count). The van der Waals surface area contributed by atoms with E-state index in [9.17, 15) is 9.90 Å². The normalized spacial score (nSPS) is 11.1. The molecule has 4 aromatic carbocycles. The molecule has 5 nitrogen and oxygen atoms in total. The fourth-order valence-corrected chi connectivity index (χ4v) is 4.32. The minimum absolute atomic E-state index is 0.306. The Labute approximate surface area is 191 Å². The summed E-state index contributed by atoms with van der Waals surface area (Å²) in [7, 11) is 0. The van der Waals surface area contributed by atoms with Gasteiger partial charge in [-0.2, -0.15) is 0 Å². The lowest BCUT2D eigenvalue weighted by atomic mass is 10.00. The van der Waals surface area contributed by atoms with Gasteiger partial charge >= 0.3 is 6.16 Å². The second kappa shape index (κ2) is 8.71. The molecule has 0 fully saturated rings. The van der Waals surface area contributed by atoms with Crippen LogP contribution in [-0.4, -0.2) is 22.4 Å². The first-order chi connectivity index (χ1) is 16.1. The fourth-order valence-electron chi connectivity index (χ4n) is 4.32. The summed E-state index contributed by atoms with van der Waals surface area (Å²) in [6.45, 7) is 2.80. The molecular weight excluding hydrogens is 414 g/mol. The molecule has 0 saturated heterocycles. The van der Waals surface area contributed by atoms with E-state index >= 15 is 0 Å². The van der Waals surface area contributed by atoms with Crippen LogP contribution in [0, 0.1) is 6.92 Å². The predicted molar refractivity (Wildman–Crippen MR) is 130 cm³/mol. The number of para-hydroxylation sites is 1. The average molecular weight is 437 g/mol. The highest BCUT2D eigenvalue weighted by atomic mass is 16.7. The Morgan fingerprint density at radius 2 is 1.61 bits per heavy atom. The maximum absolute atomic E-state index is 11.6. The monoisotopic (exact) mass is 437 g/mol. The van der Waals surface area contributed by atoms with E-state index in [1.807, 2.05) is 90.4 Å². The SMILES string of the molecule is Cc1ccccc1-c1c(OC(=O)O)n(CCOc2ccc3ccccc3c2)c2ccccc12. The number of ether oxygens (including phenoxy) is 2. The first kappa shape index (κ1) is 20.6. The molecule has 0 spiro atoms. The Balaban J connectivity index is 1.52. The van der Waals surface area contributed by atoms with Crippen molar-refractivity contribution in [3.8, 4) is 22.8 Å². The molecule has 33 heavy (non-hydrogen) atoms. The van der Waals surface area contributed by atoms with Gasteiger partial charge in [0.2, 0.25) is 5.88 Å². The Bertz CT molecular complexity index is 1470. The van der Waals surface area contributed by atoms with Crippen molar-refractivity contribution in [3.05, 3.63) is 96.6 Å². The van der Waals surface area contributed by atoms with Crippen molar-refractivity contribution in [2.45, 2.75) is 13.5 Å². The Kier molecular flexibility index (Phi) is 5.45. The van der Waals surface area contributed by atoms with Crippen LogP contribution < -0.4 is 9.47 Å². The zero-order valence-electron chi connectivity index (χ0n) is 18.2. The number of rotatable bonds is 6. The van der Waals surface area contributed by atoms with Crippen molar-refractivity contribution in [3.63, 3.8) is 0 Å². The van der Waals surface area contributed by atoms with Crippen molar-refractivity contribution < 1.29 is 19.4 Å². The number of benzene rings is 4. The molecule has 0 unspecified atom stereocenters. The molecule has 0 bridgehead atoms. The third kappa shape index (κ3) is 4.01. The molecule has 0 atom stereocenters. The summed E-state index contributed by atoms with van der Waals surface area (Å²) in [6, 6.07) is 29.9. The number of fused-ring (bicyclic) bond motifs is 2. The second-order valence-corrected chi connectivity index (χ2v) is 7.89. The Morgan fingerprint density at radius 3 is 2.42 bits per heavy atom. The lowest BCUT2D eigenvalue weighted by molar-refractivity contribution is 0.140. The molecule has 0 saturated carbocycles. The van der Waals surface area contributed by atoms with Crippen LogP contribution in [-0.2, 0) is 6.54 Å². The lowest BCUT2D eigenvalue weighted by Gasteiger charge is -2.13. The molecule has 1 aromatic heterocycles. The third-order valence-corrected chi connectivity index (χ3v) is 5.83. The van der Waals surface area contributed by atoms with Gasteiger partial charge in [0.05, 0.1) is 17.6 Å². The predicted octanol–water partition coefficient (Wildman–Crippen LogP) is 6.91. The number of hydrogen-bond donors (Lipinski definition) is 1. The molecular formula is C28H23NO4. The molecule has 5 aromatic rings. The first-order valence-corrected chi connectivity index (χ1v) is 10.8. The summed E-state index contributed by atoms with van der Waals surface area (Å²) in [5, 5.41) is 12.7. The minimum atomic E-state index is -1.34. The van der Waals surface area contributed by atoms with Gasteiger partial charge in [0.1, 0.15) is 12.4 Å². The summed E-state index contributed by atoms with van der Waals surface area (Å²) in [5.74, 6) is 1.07. The molecule has 0 aliphatic heterocycles. The molecule has 0 amide bonds. The molecule has 164 valence electrons. The van der Waals surface area contributed by atoms with Gasteiger partial charge in [-0.25, -0.2) is 4.79 Å². The van der Waals surface area contributed by atoms with Crippen LogP contribution in [0.25, 0.3) is 32.8 Å². The Hall–Kier alpha value is -4.25. The van der Waals surface area contributed by atoms with Gasteiger partial charge in [0, 0.05) is 5.39 Å². The molecule has 0 aliphatic carbocycles. The van der Waals surface area contributed by atoms with E-state index in [4.69, 9.17) is 9.47 Å². The molecule has 5 heteroatoms. The third-order valence-electron chi connectivity index (χ3n) is 5.83. The lowest BCUT2D eigenvalue weighted by Crippen LogP contribution is -2.13. The number of aryl methyl sites for hydroxylation is 1. The molecule has 0 aliphatic rings. The van der Waals surface area contributed by atoms with E-state index in [1.165, 1.54) is 0 Å². The summed E-state index contributed by atoms with van der Waals surface area (Å²) in [6.07, 6.45) is -1.34. The van der Waals surface area contributed by atoms with E-state index in [-0.39, 0.29) is 0 Å². The standard InChI is InChI=1S/C28H23NO4/c1-19-8-2-5-11-23(19)26-24-12-6-7-13-25(24)29(27(26)33-28(30)31)16-17-32-22-15-14-20-9-3-4-10-21(20)18-22/h2-15,18H,16-17H2,1H3,(H,30,31). The van der Waals surface area contributed by atoms with Gasteiger partial charge in [-0.15, -0.1) is 0 Å². The largest absolute Gasteiger partial charge is 0.512 e. The van der Waals surface area contributed by atoms with Crippen LogP contribution in [0.5, 0.6) is 11.6 Å². The summed E-state index contributed by atoms with van der Waals surface area (Å²) in [5.41, 5.74) is 3.66.